The Bertz CT molecular complexity index is 635. The second-order valence-corrected chi connectivity index (χ2v) is 7.01. The number of carbonyl (C=O) groups is 2. The summed E-state index contributed by atoms with van der Waals surface area (Å²) < 4.78 is 5.25. The van der Waals surface area contributed by atoms with E-state index in [1.807, 2.05) is 0 Å². The van der Waals surface area contributed by atoms with Gasteiger partial charge < -0.3 is 9.64 Å². The Morgan fingerprint density at radius 3 is 2.54 bits per heavy atom. The van der Waals surface area contributed by atoms with E-state index in [9.17, 15) is 19.7 Å². The minimum absolute atomic E-state index is 0.0108. The van der Waals surface area contributed by atoms with E-state index in [0.717, 1.165) is 0 Å². The number of hydrogen-bond acceptors (Lipinski definition) is 5. The number of nitro groups is 1. The molecular formula is C15H18BrN3O5. The third-order valence-corrected chi connectivity index (χ3v) is 4.38. The first kappa shape index (κ1) is 18.2. The fourth-order valence-electron chi connectivity index (χ4n) is 2.46. The van der Waals surface area contributed by atoms with Crippen molar-refractivity contribution >= 4 is 33.6 Å². The summed E-state index contributed by atoms with van der Waals surface area (Å²) in [6, 6.07) is 5.22. The molecule has 24 heavy (non-hydrogen) atoms. The fourth-order valence-corrected chi connectivity index (χ4v) is 3.13. The van der Waals surface area contributed by atoms with Crippen LogP contribution < -0.4 is 0 Å². The van der Waals surface area contributed by atoms with Crippen LogP contribution in [0.3, 0.4) is 0 Å². The number of hydrogen-bond donors (Lipinski definition) is 0. The Kier molecular flexibility index (Phi) is 5.76. The molecule has 1 aromatic carbocycles. The lowest BCUT2D eigenvalue weighted by Crippen LogP contribution is -2.45. The highest BCUT2D eigenvalue weighted by molar-refractivity contribution is 9.09. The zero-order chi connectivity index (χ0) is 17.9. The van der Waals surface area contributed by atoms with Gasteiger partial charge in [-0.25, -0.2) is 4.79 Å². The summed E-state index contributed by atoms with van der Waals surface area (Å²) in [7, 11) is 3.29. The van der Waals surface area contributed by atoms with Crippen molar-refractivity contribution < 1.29 is 19.2 Å². The first-order chi connectivity index (χ1) is 11.3. The van der Waals surface area contributed by atoms with Gasteiger partial charge in [-0.1, -0.05) is 15.9 Å². The van der Waals surface area contributed by atoms with Crippen molar-refractivity contribution in [2.45, 2.75) is 23.9 Å². The molecule has 0 N–H and O–H groups in total. The second-order valence-electron chi connectivity index (χ2n) is 5.71. The molecule has 9 heteroatoms. The average molecular weight is 400 g/mol. The van der Waals surface area contributed by atoms with Crippen LogP contribution in [0.5, 0.6) is 0 Å². The van der Waals surface area contributed by atoms with Crippen LogP contribution in [0.1, 0.15) is 12.0 Å². The van der Waals surface area contributed by atoms with E-state index >= 15 is 0 Å². The molecule has 1 aromatic rings. The predicted octanol–water partition coefficient (Wildman–Crippen LogP) is 2.16. The molecule has 0 saturated carbocycles. The Balaban J connectivity index is 1.98. The van der Waals surface area contributed by atoms with Crippen LogP contribution in [-0.4, -0.2) is 58.2 Å². The largest absolute Gasteiger partial charge is 0.445 e. The standard InChI is InChI=1S/C15H18BrN3O5/c1-17(2)14(20)13-7-11(16)8-18(13)15(21)24-9-10-3-5-12(6-4-10)19(22)23/h3-6,11,13H,7-9H2,1-2H3/t11-,13+/m0/s1. The van der Waals surface area contributed by atoms with Crippen LogP contribution in [0.15, 0.2) is 24.3 Å². The first-order valence-corrected chi connectivity index (χ1v) is 8.23. The van der Waals surface area contributed by atoms with E-state index in [2.05, 4.69) is 15.9 Å². The van der Waals surface area contributed by atoms with Crippen molar-refractivity contribution in [2.75, 3.05) is 20.6 Å². The molecule has 2 atom stereocenters. The molecule has 1 fully saturated rings. The Morgan fingerprint density at radius 2 is 2.00 bits per heavy atom. The summed E-state index contributed by atoms with van der Waals surface area (Å²) in [5.74, 6) is -0.149. The van der Waals surface area contributed by atoms with E-state index in [-0.39, 0.29) is 23.0 Å². The van der Waals surface area contributed by atoms with Gasteiger partial charge in [0, 0.05) is 37.6 Å². The van der Waals surface area contributed by atoms with E-state index in [1.54, 1.807) is 14.1 Å². The number of amides is 2. The first-order valence-electron chi connectivity index (χ1n) is 7.31. The van der Waals surface area contributed by atoms with Gasteiger partial charge in [0.05, 0.1) is 4.92 Å². The number of likely N-dealkylation sites (N-methyl/N-ethyl adjacent to an activating group) is 1. The number of nitro benzene ring substituents is 1. The monoisotopic (exact) mass is 399 g/mol. The van der Waals surface area contributed by atoms with Crippen molar-refractivity contribution in [2.24, 2.45) is 0 Å². The summed E-state index contributed by atoms with van der Waals surface area (Å²) in [6.45, 7) is 0.381. The smallest absolute Gasteiger partial charge is 0.410 e. The van der Waals surface area contributed by atoms with Gasteiger partial charge in [-0.05, 0) is 24.1 Å². The van der Waals surface area contributed by atoms with Crippen LogP contribution >= 0.6 is 15.9 Å². The number of alkyl halides is 1. The Morgan fingerprint density at radius 1 is 1.38 bits per heavy atom. The van der Waals surface area contributed by atoms with Crippen molar-refractivity contribution in [1.29, 1.82) is 0 Å². The highest BCUT2D eigenvalue weighted by Gasteiger charge is 2.40. The quantitative estimate of drug-likeness (QED) is 0.439. The van der Waals surface area contributed by atoms with Gasteiger partial charge in [0.15, 0.2) is 0 Å². The number of rotatable bonds is 4. The van der Waals surface area contributed by atoms with Gasteiger partial charge >= 0.3 is 6.09 Å². The second kappa shape index (κ2) is 7.61. The molecular weight excluding hydrogens is 382 g/mol. The maximum atomic E-state index is 12.3. The van der Waals surface area contributed by atoms with Crippen LogP contribution in [-0.2, 0) is 16.1 Å². The molecule has 0 spiro atoms. The third-order valence-electron chi connectivity index (χ3n) is 3.72. The molecule has 1 saturated heterocycles. The minimum atomic E-state index is -0.574. The van der Waals surface area contributed by atoms with Gasteiger partial charge in [0.25, 0.3) is 5.69 Å². The predicted molar refractivity (Wildman–Crippen MR) is 89.8 cm³/mol. The molecule has 0 unspecified atom stereocenters. The van der Waals surface area contributed by atoms with E-state index in [4.69, 9.17) is 4.74 Å². The number of nitrogens with zero attached hydrogens (tertiary/aromatic N) is 3. The van der Waals surface area contributed by atoms with E-state index in [1.165, 1.54) is 34.1 Å². The topological polar surface area (TPSA) is 93.0 Å². The summed E-state index contributed by atoms with van der Waals surface area (Å²) in [5.41, 5.74) is 0.613. The van der Waals surface area contributed by atoms with Gasteiger partial charge in [-0.2, -0.15) is 0 Å². The molecule has 0 bridgehead atoms. The molecule has 8 nitrogen and oxygen atoms in total. The average Bonchev–Trinajstić information content (AvgIpc) is 2.94. The molecule has 0 aromatic heterocycles. The lowest BCUT2D eigenvalue weighted by atomic mass is 10.2. The van der Waals surface area contributed by atoms with Crippen LogP contribution in [0.2, 0.25) is 0 Å². The molecule has 2 amide bonds. The molecule has 0 radical (unpaired) electrons. The number of non-ortho nitro benzene ring substituents is 1. The number of likely N-dealkylation sites (tertiary alicyclic amines) is 1. The van der Waals surface area contributed by atoms with Crippen molar-refractivity contribution in [3.05, 3.63) is 39.9 Å². The summed E-state index contributed by atoms with van der Waals surface area (Å²) >= 11 is 3.44. The molecule has 130 valence electrons. The van der Waals surface area contributed by atoms with Crippen LogP contribution in [0, 0.1) is 10.1 Å². The minimum Gasteiger partial charge on any atom is -0.445 e. The van der Waals surface area contributed by atoms with Crippen molar-refractivity contribution in [1.82, 2.24) is 9.80 Å². The van der Waals surface area contributed by atoms with Gasteiger partial charge in [-0.3, -0.25) is 19.8 Å². The zero-order valence-corrected chi connectivity index (χ0v) is 14.9. The third kappa shape index (κ3) is 4.22. The number of halogens is 1. The van der Waals surface area contributed by atoms with Crippen molar-refractivity contribution in [3.8, 4) is 0 Å². The maximum absolute atomic E-state index is 12.3. The molecule has 0 aliphatic carbocycles. The number of carbonyl (C=O) groups excluding carboxylic acids is 2. The zero-order valence-electron chi connectivity index (χ0n) is 13.3. The summed E-state index contributed by atoms with van der Waals surface area (Å²) in [6.07, 6.45) is -0.0422. The SMILES string of the molecule is CN(C)C(=O)[C@H]1C[C@H](Br)CN1C(=O)OCc1ccc([N+](=O)[O-])cc1. The highest BCUT2D eigenvalue weighted by atomic mass is 79.9. The van der Waals surface area contributed by atoms with E-state index in [0.29, 0.717) is 18.5 Å². The molecule has 1 aliphatic rings. The lowest BCUT2D eigenvalue weighted by molar-refractivity contribution is -0.384. The van der Waals surface area contributed by atoms with Gasteiger partial charge in [0.2, 0.25) is 5.91 Å². The normalized spacial score (nSPS) is 19.9. The van der Waals surface area contributed by atoms with Crippen LogP contribution in [0.25, 0.3) is 0 Å². The summed E-state index contributed by atoms with van der Waals surface area (Å²) in [5, 5.41) is 10.6. The van der Waals surface area contributed by atoms with Crippen LogP contribution in [0.4, 0.5) is 10.5 Å². The lowest BCUT2D eigenvalue weighted by Gasteiger charge is -2.25. The Hall–Kier alpha value is -2.16. The summed E-state index contributed by atoms with van der Waals surface area (Å²) in [4.78, 5) is 37.5. The molecule has 2 rings (SSSR count). The van der Waals surface area contributed by atoms with Crippen molar-refractivity contribution in [3.63, 3.8) is 0 Å². The Labute approximate surface area is 147 Å². The molecule has 1 aliphatic heterocycles. The number of benzene rings is 1. The fraction of sp³-hybridized carbons (Fsp3) is 0.467. The molecule has 1 heterocycles. The highest BCUT2D eigenvalue weighted by Crippen LogP contribution is 2.25. The number of ether oxygens (including phenoxy) is 1. The van der Waals surface area contributed by atoms with Gasteiger partial charge in [-0.15, -0.1) is 0 Å². The maximum Gasteiger partial charge on any atom is 0.410 e. The van der Waals surface area contributed by atoms with E-state index < -0.39 is 17.1 Å². The van der Waals surface area contributed by atoms with Gasteiger partial charge in [0.1, 0.15) is 12.6 Å².